The van der Waals surface area contributed by atoms with Gasteiger partial charge in [0, 0.05) is 43.4 Å². The van der Waals surface area contributed by atoms with Gasteiger partial charge in [0.1, 0.15) is 12.3 Å². The zero-order chi connectivity index (χ0) is 23.3. The average Bonchev–Trinajstić information content (AvgIpc) is 3.15. The van der Waals surface area contributed by atoms with Crippen LogP contribution in [0.15, 0.2) is 54.7 Å². The van der Waals surface area contributed by atoms with Crippen LogP contribution < -0.4 is 15.4 Å². The molecule has 0 aliphatic heterocycles. The minimum absolute atomic E-state index is 0.0244. The zero-order valence-corrected chi connectivity index (χ0v) is 19.3. The summed E-state index contributed by atoms with van der Waals surface area (Å²) >= 11 is 0. The predicted octanol–water partition coefficient (Wildman–Crippen LogP) is 3.16. The predicted molar refractivity (Wildman–Crippen MR) is 127 cm³/mol. The van der Waals surface area contributed by atoms with E-state index in [1.165, 1.54) is 0 Å². The van der Waals surface area contributed by atoms with Crippen molar-refractivity contribution in [1.82, 2.24) is 19.7 Å². The average molecular weight is 438 g/mol. The molecule has 1 unspecified atom stereocenters. The molecule has 3 aromatic rings. The Bertz CT molecular complexity index is 1070. The van der Waals surface area contributed by atoms with Gasteiger partial charge in [-0.1, -0.05) is 12.1 Å². The number of carbonyl (C=O) groups excluding carboxylic acids is 2. The molecule has 3 rings (SSSR count). The number of likely N-dealkylation sites (N-methyl/N-ethyl adjacent to an activating group) is 2. The Morgan fingerprint density at radius 1 is 1.03 bits per heavy atom. The van der Waals surface area contributed by atoms with Gasteiger partial charge in [-0.25, -0.2) is 4.79 Å². The van der Waals surface area contributed by atoms with Crippen molar-refractivity contribution < 1.29 is 14.3 Å². The van der Waals surface area contributed by atoms with Crippen LogP contribution in [-0.2, 0) is 11.3 Å². The Morgan fingerprint density at radius 2 is 1.75 bits per heavy atom. The summed E-state index contributed by atoms with van der Waals surface area (Å²) in [5, 5.41) is 6.80. The molecule has 32 heavy (non-hydrogen) atoms. The van der Waals surface area contributed by atoms with Gasteiger partial charge in [0.25, 0.3) is 0 Å². The number of hydrogen-bond acceptors (Lipinski definition) is 4. The maximum absolute atomic E-state index is 12.5. The molecule has 1 aromatic heterocycles. The second kappa shape index (κ2) is 10.2. The van der Waals surface area contributed by atoms with Crippen LogP contribution >= 0.6 is 0 Å². The lowest BCUT2D eigenvalue weighted by molar-refractivity contribution is -0.129. The molecular formula is C24H31N5O3. The maximum Gasteiger partial charge on any atom is 0.319 e. The van der Waals surface area contributed by atoms with Crippen LogP contribution in [0, 0.1) is 0 Å². The van der Waals surface area contributed by atoms with Crippen molar-refractivity contribution in [2.45, 2.75) is 12.6 Å². The molecule has 0 saturated heterocycles. The third-order valence-corrected chi connectivity index (χ3v) is 5.41. The summed E-state index contributed by atoms with van der Waals surface area (Å²) in [6.07, 6.45) is 1.88. The molecule has 8 nitrogen and oxygen atoms in total. The first-order valence-corrected chi connectivity index (χ1v) is 10.4. The number of amides is 3. The van der Waals surface area contributed by atoms with Crippen molar-refractivity contribution in [1.29, 1.82) is 0 Å². The molecule has 2 N–H and O–H groups in total. The molecule has 1 atom stereocenters. The Kier molecular flexibility index (Phi) is 7.37. The van der Waals surface area contributed by atoms with Crippen molar-refractivity contribution in [3.63, 3.8) is 0 Å². The second-order valence-corrected chi connectivity index (χ2v) is 8.09. The summed E-state index contributed by atoms with van der Waals surface area (Å²) < 4.78 is 7.12. The van der Waals surface area contributed by atoms with E-state index in [0.29, 0.717) is 12.2 Å². The third kappa shape index (κ3) is 5.59. The van der Waals surface area contributed by atoms with E-state index in [0.717, 1.165) is 22.2 Å². The quantitative estimate of drug-likeness (QED) is 0.567. The summed E-state index contributed by atoms with van der Waals surface area (Å²) in [4.78, 5) is 28.2. The summed E-state index contributed by atoms with van der Waals surface area (Å²) in [6.45, 7) is 0.734. The first-order valence-electron chi connectivity index (χ1n) is 10.4. The molecule has 0 aliphatic rings. The van der Waals surface area contributed by atoms with Gasteiger partial charge < -0.3 is 29.7 Å². The lowest BCUT2D eigenvalue weighted by atomic mass is 10.1. The van der Waals surface area contributed by atoms with Gasteiger partial charge in [-0.2, -0.15) is 0 Å². The van der Waals surface area contributed by atoms with Gasteiger partial charge >= 0.3 is 6.03 Å². The number of nitrogens with zero attached hydrogens (tertiary/aromatic N) is 3. The van der Waals surface area contributed by atoms with E-state index >= 15 is 0 Å². The van der Waals surface area contributed by atoms with E-state index in [9.17, 15) is 9.59 Å². The number of anilines is 1. The molecule has 0 bridgehead atoms. The molecule has 0 spiro atoms. The van der Waals surface area contributed by atoms with Gasteiger partial charge in [-0.05, 0) is 56.1 Å². The van der Waals surface area contributed by atoms with E-state index in [4.69, 9.17) is 4.74 Å². The number of hydrogen-bond donors (Lipinski definition) is 2. The van der Waals surface area contributed by atoms with Gasteiger partial charge in [0.15, 0.2) is 0 Å². The normalized spacial score (nSPS) is 11.9. The Morgan fingerprint density at radius 3 is 2.38 bits per heavy atom. The van der Waals surface area contributed by atoms with Crippen LogP contribution in [0.5, 0.6) is 5.75 Å². The smallest absolute Gasteiger partial charge is 0.319 e. The number of nitrogens with one attached hydrogen (secondary N) is 2. The largest absolute Gasteiger partial charge is 0.497 e. The van der Waals surface area contributed by atoms with E-state index in [1.54, 1.807) is 26.1 Å². The highest BCUT2D eigenvalue weighted by molar-refractivity contribution is 5.93. The van der Waals surface area contributed by atoms with Crippen molar-refractivity contribution in [3.05, 3.63) is 60.3 Å². The first-order chi connectivity index (χ1) is 15.3. The van der Waals surface area contributed by atoms with Gasteiger partial charge in [0.2, 0.25) is 5.91 Å². The zero-order valence-electron chi connectivity index (χ0n) is 19.3. The van der Waals surface area contributed by atoms with Gasteiger partial charge in [-0.3, -0.25) is 4.79 Å². The number of fused-ring (bicyclic) bond motifs is 1. The highest BCUT2D eigenvalue weighted by atomic mass is 16.5. The fourth-order valence-corrected chi connectivity index (χ4v) is 3.49. The molecule has 3 amide bonds. The molecule has 8 heteroatoms. The van der Waals surface area contributed by atoms with Crippen LogP contribution in [0.1, 0.15) is 11.6 Å². The SMILES string of the molecule is COc1ccc(C(CNC(=O)Nc2ccc3c(ccn3CC(=O)N(C)C)c2)N(C)C)cc1. The van der Waals surface area contributed by atoms with Crippen molar-refractivity contribution in [2.24, 2.45) is 0 Å². The number of methoxy groups -OCH3 is 1. The Balaban J connectivity index is 1.62. The fourth-order valence-electron chi connectivity index (χ4n) is 3.49. The van der Waals surface area contributed by atoms with E-state index in [2.05, 4.69) is 15.5 Å². The standard InChI is InChI=1S/C24H31N5O3/c1-27(2)22(17-6-9-20(32-5)10-7-17)15-25-24(31)26-19-8-11-21-18(14-19)12-13-29(21)16-23(30)28(3)4/h6-14,22H,15-16H2,1-5H3,(H2,25,26,31). The van der Waals surface area contributed by atoms with Crippen LogP contribution in [0.25, 0.3) is 10.9 Å². The monoisotopic (exact) mass is 437 g/mol. The second-order valence-electron chi connectivity index (χ2n) is 8.09. The fraction of sp³-hybridized carbons (Fsp3) is 0.333. The van der Waals surface area contributed by atoms with Gasteiger partial charge in [0.05, 0.1) is 13.2 Å². The van der Waals surface area contributed by atoms with Gasteiger partial charge in [-0.15, -0.1) is 0 Å². The molecule has 1 heterocycles. The molecule has 170 valence electrons. The molecule has 0 fully saturated rings. The number of ether oxygens (including phenoxy) is 1. The Hall–Kier alpha value is -3.52. The molecule has 0 radical (unpaired) electrons. The van der Waals surface area contributed by atoms with Crippen LogP contribution in [-0.4, -0.2) is 68.2 Å². The van der Waals surface area contributed by atoms with Crippen molar-refractivity contribution in [2.75, 3.05) is 47.2 Å². The number of carbonyl (C=O) groups is 2. The van der Waals surface area contributed by atoms with E-state index < -0.39 is 0 Å². The Labute approximate surface area is 188 Å². The number of benzene rings is 2. The minimum atomic E-state index is -0.271. The first kappa shape index (κ1) is 23.1. The number of urea groups is 1. The summed E-state index contributed by atoms with van der Waals surface area (Å²) in [5.74, 6) is 0.823. The summed E-state index contributed by atoms with van der Waals surface area (Å²) in [5.41, 5.74) is 2.72. The maximum atomic E-state index is 12.5. The van der Waals surface area contributed by atoms with Crippen LogP contribution in [0.2, 0.25) is 0 Å². The third-order valence-electron chi connectivity index (χ3n) is 5.41. The molecule has 0 aliphatic carbocycles. The highest BCUT2D eigenvalue weighted by Gasteiger charge is 2.16. The van der Waals surface area contributed by atoms with E-state index in [-0.39, 0.29) is 24.5 Å². The van der Waals surface area contributed by atoms with E-state index in [1.807, 2.05) is 73.4 Å². The number of rotatable bonds is 8. The molecule has 0 saturated carbocycles. The molecular weight excluding hydrogens is 406 g/mol. The highest BCUT2D eigenvalue weighted by Crippen LogP contribution is 2.22. The minimum Gasteiger partial charge on any atom is -0.497 e. The summed E-state index contributed by atoms with van der Waals surface area (Å²) in [6, 6.07) is 15.2. The van der Waals surface area contributed by atoms with Crippen molar-refractivity contribution >= 4 is 28.5 Å². The van der Waals surface area contributed by atoms with Crippen LogP contribution in [0.4, 0.5) is 10.5 Å². The lowest BCUT2D eigenvalue weighted by Gasteiger charge is -2.25. The summed E-state index contributed by atoms with van der Waals surface area (Å²) in [7, 11) is 9.08. The number of aromatic nitrogens is 1. The van der Waals surface area contributed by atoms with Crippen LogP contribution in [0.3, 0.4) is 0 Å². The lowest BCUT2D eigenvalue weighted by Crippen LogP contribution is -2.36. The van der Waals surface area contributed by atoms with Crippen molar-refractivity contribution in [3.8, 4) is 5.75 Å². The topological polar surface area (TPSA) is 78.8 Å². The molecule has 2 aromatic carbocycles.